The Kier molecular flexibility index (Phi) is 3.42. The van der Waals surface area contributed by atoms with Crippen LogP contribution in [0.5, 0.6) is 0 Å². The zero-order valence-corrected chi connectivity index (χ0v) is 11.8. The van der Waals surface area contributed by atoms with Crippen LogP contribution in [0.25, 0.3) is 5.69 Å². The molecule has 1 amide bonds. The Balaban J connectivity index is 1.87. The van der Waals surface area contributed by atoms with Gasteiger partial charge in [0.15, 0.2) is 0 Å². The number of tetrazole rings is 1. The van der Waals surface area contributed by atoms with Gasteiger partial charge in [0.05, 0.1) is 5.69 Å². The third kappa shape index (κ3) is 2.40. The zero-order chi connectivity index (χ0) is 14.9. The van der Waals surface area contributed by atoms with Crippen LogP contribution in [0, 0.1) is 0 Å². The van der Waals surface area contributed by atoms with Gasteiger partial charge in [0.25, 0.3) is 5.91 Å². The van der Waals surface area contributed by atoms with Crippen molar-refractivity contribution in [2.75, 3.05) is 0 Å². The van der Waals surface area contributed by atoms with Crippen LogP contribution < -0.4 is 5.32 Å². The first-order chi connectivity index (χ1) is 10.1. The van der Waals surface area contributed by atoms with Gasteiger partial charge >= 0.3 is 5.97 Å². The summed E-state index contributed by atoms with van der Waals surface area (Å²) in [6, 6.07) is 1.72. The predicted octanol–water partition coefficient (Wildman–Crippen LogP) is 0.851. The molecule has 2 aromatic heterocycles. The van der Waals surface area contributed by atoms with Crippen molar-refractivity contribution in [3.05, 3.63) is 22.7 Å². The first-order valence-electron chi connectivity index (χ1n) is 6.49. The average molecular weight is 307 g/mol. The Bertz CT molecular complexity index is 660. The van der Waals surface area contributed by atoms with Crippen LogP contribution in [-0.4, -0.2) is 42.7 Å². The van der Waals surface area contributed by atoms with Crippen LogP contribution in [0.15, 0.2) is 17.8 Å². The molecule has 9 heteroatoms. The lowest BCUT2D eigenvalue weighted by atomic mass is 9.98. The molecule has 0 unspecified atom stereocenters. The lowest BCUT2D eigenvalue weighted by Crippen LogP contribution is -2.52. The molecule has 0 aliphatic heterocycles. The van der Waals surface area contributed by atoms with E-state index in [2.05, 4.69) is 20.8 Å². The van der Waals surface area contributed by atoms with Gasteiger partial charge in [-0.15, -0.1) is 16.4 Å². The molecule has 3 rings (SSSR count). The number of aliphatic carboxylic acids is 1. The van der Waals surface area contributed by atoms with Gasteiger partial charge in [-0.1, -0.05) is 12.8 Å². The maximum absolute atomic E-state index is 12.4. The standard InChI is InChI=1S/C12H13N5O3S/c18-10(14-12(11(19)20)4-1-2-5-12)9-8(3-6-21-9)17-7-13-15-16-17/h3,6-7H,1-2,4-5H2,(H,14,18)(H,19,20). The quantitative estimate of drug-likeness (QED) is 0.866. The third-order valence-electron chi connectivity index (χ3n) is 3.67. The maximum atomic E-state index is 12.4. The van der Waals surface area contributed by atoms with Crippen molar-refractivity contribution in [2.24, 2.45) is 0 Å². The number of amides is 1. The molecule has 0 saturated heterocycles. The smallest absolute Gasteiger partial charge is 0.329 e. The van der Waals surface area contributed by atoms with Gasteiger partial charge in [0.2, 0.25) is 0 Å². The van der Waals surface area contributed by atoms with Crippen molar-refractivity contribution in [3.63, 3.8) is 0 Å². The molecule has 2 N–H and O–H groups in total. The first-order valence-corrected chi connectivity index (χ1v) is 7.37. The number of nitrogens with one attached hydrogen (secondary N) is 1. The van der Waals surface area contributed by atoms with E-state index in [1.807, 2.05) is 0 Å². The summed E-state index contributed by atoms with van der Waals surface area (Å²) in [6.07, 6.45) is 3.91. The predicted molar refractivity (Wildman–Crippen MR) is 73.3 cm³/mol. The van der Waals surface area contributed by atoms with Gasteiger partial charge in [-0.05, 0) is 34.7 Å². The molecule has 1 saturated carbocycles. The number of thiophene rings is 1. The van der Waals surface area contributed by atoms with E-state index in [1.165, 1.54) is 22.3 Å². The van der Waals surface area contributed by atoms with Crippen LogP contribution >= 0.6 is 11.3 Å². The topological polar surface area (TPSA) is 110 Å². The summed E-state index contributed by atoms with van der Waals surface area (Å²) in [5, 5.41) is 24.7. The number of hydrogen-bond donors (Lipinski definition) is 2. The SMILES string of the molecule is O=C(NC1(C(=O)O)CCCC1)c1sccc1-n1cnnn1. The molecule has 0 atom stereocenters. The Morgan fingerprint density at radius 2 is 2.14 bits per heavy atom. The van der Waals surface area contributed by atoms with E-state index in [9.17, 15) is 14.7 Å². The van der Waals surface area contributed by atoms with Gasteiger partial charge < -0.3 is 10.4 Å². The molecule has 2 aromatic rings. The van der Waals surface area contributed by atoms with Crippen molar-refractivity contribution in [1.29, 1.82) is 0 Å². The molecule has 0 spiro atoms. The molecule has 0 bridgehead atoms. The Morgan fingerprint density at radius 3 is 2.76 bits per heavy atom. The molecule has 2 heterocycles. The second kappa shape index (κ2) is 5.24. The van der Waals surface area contributed by atoms with Crippen molar-refractivity contribution < 1.29 is 14.7 Å². The fourth-order valence-electron chi connectivity index (χ4n) is 2.57. The van der Waals surface area contributed by atoms with E-state index in [0.29, 0.717) is 23.4 Å². The summed E-state index contributed by atoms with van der Waals surface area (Å²) in [6.45, 7) is 0. The minimum Gasteiger partial charge on any atom is -0.480 e. The van der Waals surface area contributed by atoms with E-state index < -0.39 is 17.4 Å². The number of carbonyl (C=O) groups is 2. The van der Waals surface area contributed by atoms with E-state index in [0.717, 1.165) is 12.8 Å². The highest BCUT2D eigenvalue weighted by Gasteiger charge is 2.43. The highest BCUT2D eigenvalue weighted by atomic mass is 32.1. The van der Waals surface area contributed by atoms with E-state index in [4.69, 9.17) is 0 Å². The van der Waals surface area contributed by atoms with Gasteiger partial charge in [0, 0.05) is 0 Å². The highest BCUT2D eigenvalue weighted by molar-refractivity contribution is 7.12. The van der Waals surface area contributed by atoms with Crippen LogP contribution in [0.2, 0.25) is 0 Å². The number of rotatable bonds is 4. The molecule has 8 nitrogen and oxygen atoms in total. The minimum absolute atomic E-state index is 0.398. The lowest BCUT2D eigenvalue weighted by molar-refractivity contribution is -0.144. The van der Waals surface area contributed by atoms with Gasteiger partial charge in [0.1, 0.15) is 16.7 Å². The fraction of sp³-hybridized carbons (Fsp3) is 0.417. The maximum Gasteiger partial charge on any atom is 0.329 e. The van der Waals surface area contributed by atoms with Gasteiger partial charge in [-0.2, -0.15) is 4.68 Å². The third-order valence-corrected chi connectivity index (χ3v) is 4.57. The number of hydrogen-bond acceptors (Lipinski definition) is 6. The summed E-state index contributed by atoms with van der Waals surface area (Å²) in [4.78, 5) is 24.3. The molecule has 1 aliphatic carbocycles. The largest absolute Gasteiger partial charge is 0.480 e. The Morgan fingerprint density at radius 1 is 1.38 bits per heavy atom. The number of carboxylic acids is 1. The molecule has 21 heavy (non-hydrogen) atoms. The summed E-state index contributed by atoms with van der Waals surface area (Å²) < 4.78 is 1.38. The van der Waals surface area contributed by atoms with Crippen LogP contribution in [0.4, 0.5) is 0 Å². The van der Waals surface area contributed by atoms with E-state index in [1.54, 1.807) is 11.4 Å². The molecule has 1 fully saturated rings. The molecule has 1 aliphatic rings. The van der Waals surface area contributed by atoms with Crippen LogP contribution in [-0.2, 0) is 4.79 Å². The Labute approximate surface area is 123 Å². The number of carboxylic acid groups (broad SMARTS) is 1. The van der Waals surface area contributed by atoms with E-state index >= 15 is 0 Å². The first kappa shape index (κ1) is 13.7. The zero-order valence-electron chi connectivity index (χ0n) is 11.0. The van der Waals surface area contributed by atoms with Crippen molar-refractivity contribution in [2.45, 2.75) is 31.2 Å². The highest BCUT2D eigenvalue weighted by Crippen LogP contribution is 2.31. The average Bonchev–Trinajstić information content (AvgIpc) is 3.19. The van der Waals surface area contributed by atoms with Gasteiger partial charge in [-0.25, -0.2) is 4.79 Å². The lowest BCUT2D eigenvalue weighted by Gasteiger charge is -2.25. The van der Waals surface area contributed by atoms with Gasteiger partial charge in [-0.3, -0.25) is 4.79 Å². The summed E-state index contributed by atoms with van der Waals surface area (Å²) in [7, 11) is 0. The molecule has 0 radical (unpaired) electrons. The fourth-order valence-corrected chi connectivity index (χ4v) is 3.34. The van der Waals surface area contributed by atoms with Crippen LogP contribution in [0.1, 0.15) is 35.4 Å². The molecule has 110 valence electrons. The van der Waals surface area contributed by atoms with Crippen LogP contribution in [0.3, 0.4) is 0 Å². The molecular formula is C12H13N5O3S. The second-order valence-corrected chi connectivity index (χ2v) is 5.85. The summed E-state index contributed by atoms with van der Waals surface area (Å²) >= 11 is 1.23. The second-order valence-electron chi connectivity index (χ2n) is 4.94. The number of nitrogens with zero attached hydrogens (tertiary/aromatic N) is 4. The normalized spacial score (nSPS) is 16.8. The monoisotopic (exact) mass is 307 g/mol. The molecule has 0 aromatic carbocycles. The van der Waals surface area contributed by atoms with Crippen molar-refractivity contribution in [3.8, 4) is 5.69 Å². The number of aromatic nitrogens is 4. The summed E-state index contributed by atoms with van der Waals surface area (Å²) in [5.41, 5.74) is -0.611. The summed E-state index contributed by atoms with van der Waals surface area (Å²) in [5.74, 6) is -1.38. The van der Waals surface area contributed by atoms with Crippen molar-refractivity contribution >= 4 is 23.2 Å². The molecular weight excluding hydrogens is 294 g/mol. The van der Waals surface area contributed by atoms with E-state index in [-0.39, 0.29) is 0 Å². The number of carbonyl (C=O) groups excluding carboxylic acids is 1. The Hall–Kier alpha value is -2.29. The van der Waals surface area contributed by atoms with Crippen molar-refractivity contribution in [1.82, 2.24) is 25.5 Å². The minimum atomic E-state index is -1.15.